The summed E-state index contributed by atoms with van der Waals surface area (Å²) in [7, 11) is 0. The monoisotopic (exact) mass is 336 g/mol. The number of benzene rings is 1. The molecular formula is C15H20N4O5. The van der Waals surface area contributed by atoms with Crippen LogP contribution in [0.15, 0.2) is 24.3 Å². The summed E-state index contributed by atoms with van der Waals surface area (Å²) < 4.78 is 0. The van der Waals surface area contributed by atoms with Crippen molar-refractivity contribution in [3.63, 3.8) is 0 Å². The van der Waals surface area contributed by atoms with Crippen molar-refractivity contribution in [1.29, 1.82) is 0 Å². The van der Waals surface area contributed by atoms with Crippen molar-refractivity contribution in [1.82, 2.24) is 10.2 Å². The fourth-order valence-electron chi connectivity index (χ4n) is 1.99. The van der Waals surface area contributed by atoms with Gasteiger partial charge in [-0.2, -0.15) is 0 Å². The van der Waals surface area contributed by atoms with E-state index in [1.165, 1.54) is 32.0 Å². The van der Waals surface area contributed by atoms with E-state index in [0.29, 0.717) is 5.69 Å². The van der Waals surface area contributed by atoms with Crippen LogP contribution in [-0.2, 0) is 9.59 Å². The van der Waals surface area contributed by atoms with Crippen LogP contribution in [0.25, 0.3) is 0 Å². The number of nitrogens with two attached hydrogens (primary N) is 1. The highest BCUT2D eigenvalue weighted by molar-refractivity contribution is 5.98. The quantitative estimate of drug-likeness (QED) is 0.564. The second kappa shape index (κ2) is 8.51. The minimum Gasteiger partial charge on any atom is -0.480 e. The van der Waals surface area contributed by atoms with Gasteiger partial charge in [-0.05, 0) is 25.1 Å². The molecule has 0 aliphatic heterocycles. The molecule has 4 amide bonds. The summed E-state index contributed by atoms with van der Waals surface area (Å²) in [6.45, 7) is 2.85. The summed E-state index contributed by atoms with van der Waals surface area (Å²) in [6.07, 6.45) is 0. The highest BCUT2D eigenvalue weighted by atomic mass is 16.4. The Morgan fingerprint density at radius 3 is 2.50 bits per heavy atom. The maximum atomic E-state index is 12.6. The second-order valence-corrected chi connectivity index (χ2v) is 5.07. The van der Waals surface area contributed by atoms with Gasteiger partial charge in [-0.25, -0.2) is 9.59 Å². The van der Waals surface area contributed by atoms with E-state index >= 15 is 0 Å². The lowest BCUT2D eigenvalue weighted by Gasteiger charge is -2.26. The topological polar surface area (TPSA) is 142 Å². The Labute approximate surface area is 138 Å². The Bertz CT molecular complexity index is 647. The Morgan fingerprint density at radius 1 is 1.29 bits per heavy atom. The average molecular weight is 336 g/mol. The van der Waals surface area contributed by atoms with E-state index in [1.54, 1.807) is 6.07 Å². The Balaban J connectivity index is 2.99. The van der Waals surface area contributed by atoms with Gasteiger partial charge in [-0.3, -0.25) is 9.59 Å². The van der Waals surface area contributed by atoms with Crippen LogP contribution in [0, 0.1) is 0 Å². The lowest BCUT2D eigenvalue weighted by Crippen LogP contribution is -2.46. The van der Waals surface area contributed by atoms with Crippen molar-refractivity contribution in [2.75, 3.05) is 18.4 Å². The van der Waals surface area contributed by atoms with Crippen LogP contribution in [0.1, 0.15) is 24.2 Å². The predicted molar refractivity (Wildman–Crippen MR) is 86.5 cm³/mol. The van der Waals surface area contributed by atoms with E-state index in [9.17, 15) is 24.3 Å². The van der Waals surface area contributed by atoms with Crippen molar-refractivity contribution in [2.24, 2.45) is 5.73 Å². The molecule has 9 nitrogen and oxygen atoms in total. The minimum atomic E-state index is -1.17. The predicted octanol–water partition coefficient (Wildman–Crippen LogP) is 0.229. The molecule has 0 saturated heterocycles. The largest absolute Gasteiger partial charge is 0.480 e. The molecule has 0 saturated carbocycles. The molecule has 1 aromatic carbocycles. The van der Waals surface area contributed by atoms with Gasteiger partial charge in [0, 0.05) is 31.3 Å². The van der Waals surface area contributed by atoms with Gasteiger partial charge in [-0.1, -0.05) is 6.07 Å². The number of rotatable bonds is 7. The van der Waals surface area contributed by atoms with Gasteiger partial charge >= 0.3 is 12.0 Å². The van der Waals surface area contributed by atoms with Crippen molar-refractivity contribution in [2.45, 2.75) is 19.9 Å². The molecule has 0 spiro atoms. The number of carboxylic acid groups (broad SMARTS) is 1. The smallest absolute Gasteiger partial charge is 0.326 e. The number of carbonyl (C=O) groups excluding carboxylic acids is 3. The first kappa shape index (κ1) is 18.9. The number of nitrogens with zero attached hydrogens (tertiary/aromatic N) is 1. The summed E-state index contributed by atoms with van der Waals surface area (Å²) in [5.41, 5.74) is 5.54. The van der Waals surface area contributed by atoms with E-state index < -0.39 is 23.9 Å². The number of anilines is 1. The lowest BCUT2D eigenvalue weighted by atomic mass is 10.1. The van der Waals surface area contributed by atoms with Crippen LogP contribution in [-0.4, -0.2) is 53.0 Å². The average Bonchev–Trinajstić information content (AvgIpc) is 2.49. The van der Waals surface area contributed by atoms with Gasteiger partial charge in [0.05, 0.1) is 0 Å². The van der Waals surface area contributed by atoms with Crippen molar-refractivity contribution >= 4 is 29.5 Å². The van der Waals surface area contributed by atoms with Gasteiger partial charge in [-0.15, -0.1) is 0 Å². The maximum Gasteiger partial charge on any atom is 0.326 e. The number of carbonyl (C=O) groups is 4. The fraction of sp³-hybridized carbons (Fsp3) is 0.333. The zero-order valence-electron chi connectivity index (χ0n) is 13.4. The van der Waals surface area contributed by atoms with Gasteiger partial charge < -0.3 is 26.4 Å². The summed E-state index contributed by atoms with van der Waals surface area (Å²) >= 11 is 0. The lowest BCUT2D eigenvalue weighted by molar-refractivity contribution is -0.141. The Morgan fingerprint density at radius 2 is 1.96 bits per heavy atom. The Kier molecular flexibility index (Phi) is 6.72. The molecule has 1 unspecified atom stereocenters. The van der Waals surface area contributed by atoms with Crippen LogP contribution in [0.2, 0.25) is 0 Å². The highest BCUT2D eigenvalue weighted by Crippen LogP contribution is 2.14. The number of nitrogens with one attached hydrogen (secondary N) is 2. The number of primary amides is 1. The number of urea groups is 1. The third-order valence-electron chi connectivity index (χ3n) is 3.19. The van der Waals surface area contributed by atoms with E-state index in [-0.39, 0.29) is 24.6 Å². The molecule has 5 N–H and O–H groups in total. The normalized spacial score (nSPS) is 11.2. The van der Waals surface area contributed by atoms with Gasteiger partial charge in [0.25, 0.3) is 5.91 Å². The van der Waals surface area contributed by atoms with E-state index in [4.69, 9.17) is 5.73 Å². The summed E-state index contributed by atoms with van der Waals surface area (Å²) in [4.78, 5) is 46.8. The third kappa shape index (κ3) is 5.59. The van der Waals surface area contributed by atoms with Crippen LogP contribution in [0.5, 0.6) is 0 Å². The molecule has 9 heteroatoms. The SMILES string of the molecule is CC(=O)NCCN(C(=O)c1cccc(NC(N)=O)c1)C(C)C(=O)O. The molecule has 0 aromatic heterocycles. The molecule has 0 radical (unpaired) electrons. The van der Waals surface area contributed by atoms with Crippen molar-refractivity contribution in [3.8, 4) is 0 Å². The zero-order valence-corrected chi connectivity index (χ0v) is 13.4. The first-order valence-electron chi connectivity index (χ1n) is 7.17. The standard InChI is InChI=1S/C15H20N4O5/c1-9(14(22)23)19(7-6-17-10(2)20)13(21)11-4-3-5-12(8-11)18-15(16)24/h3-5,8-9H,6-7H2,1-2H3,(H,17,20)(H,22,23)(H3,16,18,24). The van der Waals surface area contributed by atoms with Gasteiger partial charge in [0.2, 0.25) is 5.91 Å². The molecule has 0 heterocycles. The van der Waals surface area contributed by atoms with Gasteiger partial charge in [0.1, 0.15) is 6.04 Å². The molecule has 0 aliphatic rings. The van der Waals surface area contributed by atoms with E-state index in [2.05, 4.69) is 10.6 Å². The number of amides is 4. The maximum absolute atomic E-state index is 12.6. The summed E-state index contributed by atoms with van der Waals surface area (Å²) in [5.74, 6) is -1.99. The van der Waals surface area contributed by atoms with Crippen LogP contribution >= 0.6 is 0 Å². The number of hydrogen-bond acceptors (Lipinski definition) is 4. The van der Waals surface area contributed by atoms with Crippen LogP contribution in [0.4, 0.5) is 10.5 Å². The zero-order chi connectivity index (χ0) is 18.3. The van der Waals surface area contributed by atoms with Crippen molar-refractivity contribution < 1.29 is 24.3 Å². The van der Waals surface area contributed by atoms with Crippen molar-refractivity contribution in [3.05, 3.63) is 29.8 Å². The molecular weight excluding hydrogens is 316 g/mol. The molecule has 0 bridgehead atoms. The molecule has 0 fully saturated rings. The van der Waals surface area contributed by atoms with Crippen LogP contribution in [0.3, 0.4) is 0 Å². The molecule has 0 aliphatic carbocycles. The molecule has 1 atom stereocenters. The summed E-state index contributed by atoms with van der Waals surface area (Å²) in [6, 6.07) is 4.11. The summed E-state index contributed by atoms with van der Waals surface area (Å²) in [5, 5.41) is 14.0. The first-order chi connectivity index (χ1) is 11.2. The number of carboxylic acids is 1. The molecule has 1 aromatic rings. The third-order valence-corrected chi connectivity index (χ3v) is 3.19. The van der Waals surface area contributed by atoms with Crippen LogP contribution < -0.4 is 16.4 Å². The highest BCUT2D eigenvalue weighted by Gasteiger charge is 2.26. The van der Waals surface area contributed by atoms with Gasteiger partial charge in [0.15, 0.2) is 0 Å². The minimum absolute atomic E-state index is 0.0271. The van der Waals surface area contributed by atoms with E-state index in [0.717, 1.165) is 4.90 Å². The molecule has 24 heavy (non-hydrogen) atoms. The molecule has 1 rings (SSSR count). The number of hydrogen-bond donors (Lipinski definition) is 4. The fourth-order valence-corrected chi connectivity index (χ4v) is 1.99. The van der Waals surface area contributed by atoms with E-state index in [1.807, 2.05) is 0 Å². The number of aliphatic carboxylic acids is 1. The Hall–Kier alpha value is -3.10. The molecule has 130 valence electrons. The first-order valence-corrected chi connectivity index (χ1v) is 7.17. The second-order valence-electron chi connectivity index (χ2n) is 5.07.